The van der Waals surface area contributed by atoms with E-state index in [0.717, 1.165) is 30.8 Å². The normalized spacial score (nSPS) is 29.9. The number of carboxylic acids is 1. The smallest absolute Gasteiger partial charge is 0.329 e. The minimum absolute atomic E-state index is 0.428. The van der Waals surface area contributed by atoms with E-state index in [4.69, 9.17) is 0 Å². The fourth-order valence-electron chi connectivity index (χ4n) is 3.62. The van der Waals surface area contributed by atoms with Gasteiger partial charge in [-0.05, 0) is 56.8 Å². The molecule has 0 amide bonds. The molecule has 3 rings (SSSR count). The van der Waals surface area contributed by atoms with Gasteiger partial charge in [-0.3, -0.25) is 0 Å². The maximum atomic E-state index is 11.9. The van der Waals surface area contributed by atoms with Crippen LogP contribution in [0.5, 0.6) is 0 Å². The van der Waals surface area contributed by atoms with Gasteiger partial charge in [0.15, 0.2) is 0 Å². The summed E-state index contributed by atoms with van der Waals surface area (Å²) in [5.74, 6) is -0.717. The third-order valence-corrected chi connectivity index (χ3v) is 4.72. The number of hydrogen-bond donors (Lipinski definition) is 2. The van der Waals surface area contributed by atoms with Gasteiger partial charge in [0.1, 0.15) is 5.54 Å². The van der Waals surface area contributed by atoms with Gasteiger partial charge in [0.25, 0.3) is 0 Å². The number of rotatable bonds is 3. The average molecular weight is 274 g/mol. The molecule has 2 heterocycles. The molecule has 108 valence electrons. The molecule has 2 atom stereocenters. The van der Waals surface area contributed by atoms with Crippen molar-refractivity contribution >= 4 is 11.7 Å². The van der Waals surface area contributed by atoms with Crippen LogP contribution in [0.2, 0.25) is 0 Å². The summed E-state index contributed by atoms with van der Waals surface area (Å²) in [5.41, 5.74) is 1.26. The third-order valence-electron chi connectivity index (χ3n) is 4.72. The van der Waals surface area contributed by atoms with Crippen molar-refractivity contribution in [2.24, 2.45) is 0 Å². The van der Waals surface area contributed by atoms with Crippen molar-refractivity contribution in [1.82, 2.24) is 4.90 Å². The summed E-state index contributed by atoms with van der Waals surface area (Å²) in [6, 6.07) is 8.40. The number of aryl methyl sites for hydroxylation is 1. The summed E-state index contributed by atoms with van der Waals surface area (Å²) in [6.07, 6.45) is 3.71. The van der Waals surface area contributed by atoms with Crippen molar-refractivity contribution in [3.05, 3.63) is 29.8 Å². The zero-order chi connectivity index (χ0) is 14.2. The Bertz CT molecular complexity index is 517. The van der Waals surface area contributed by atoms with Crippen LogP contribution in [0.25, 0.3) is 0 Å². The van der Waals surface area contributed by atoms with Gasteiger partial charge >= 0.3 is 5.97 Å². The molecule has 0 aliphatic carbocycles. The molecule has 4 heteroatoms. The Kier molecular flexibility index (Phi) is 3.42. The Balaban J connectivity index is 1.83. The Morgan fingerprint density at radius 2 is 2.30 bits per heavy atom. The van der Waals surface area contributed by atoms with Crippen LogP contribution in [0, 0.1) is 6.92 Å². The van der Waals surface area contributed by atoms with E-state index in [0.29, 0.717) is 18.9 Å². The number of nitrogens with one attached hydrogen (secondary N) is 1. The Morgan fingerprint density at radius 1 is 1.45 bits per heavy atom. The van der Waals surface area contributed by atoms with Crippen LogP contribution >= 0.6 is 0 Å². The number of carbonyl (C=O) groups is 1. The van der Waals surface area contributed by atoms with Gasteiger partial charge in [-0.2, -0.15) is 0 Å². The molecule has 0 spiro atoms. The van der Waals surface area contributed by atoms with Gasteiger partial charge in [0.05, 0.1) is 0 Å². The van der Waals surface area contributed by atoms with Crippen molar-refractivity contribution in [2.75, 3.05) is 18.4 Å². The number of carboxylic acid groups (broad SMARTS) is 1. The molecule has 20 heavy (non-hydrogen) atoms. The number of fused-ring (bicyclic) bond motifs is 1. The molecule has 0 radical (unpaired) electrons. The fraction of sp³-hybridized carbons (Fsp3) is 0.562. The number of benzene rings is 1. The van der Waals surface area contributed by atoms with E-state index in [1.54, 1.807) is 0 Å². The number of piperidine rings is 1. The molecule has 2 N–H and O–H groups in total. The molecule has 0 saturated carbocycles. The van der Waals surface area contributed by atoms with E-state index in [9.17, 15) is 9.90 Å². The molecule has 1 aromatic rings. The van der Waals surface area contributed by atoms with Crippen LogP contribution in [0.3, 0.4) is 0 Å². The van der Waals surface area contributed by atoms with E-state index in [1.165, 1.54) is 6.42 Å². The largest absolute Gasteiger partial charge is 0.480 e. The molecule has 2 fully saturated rings. The predicted octanol–water partition coefficient (Wildman–Crippen LogP) is 2.49. The van der Waals surface area contributed by atoms with Gasteiger partial charge in [-0.15, -0.1) is 0 Å². The predicted molar refractivity (Wildman–Crippen MR) is 79.0 cm³/mol. The fourth-order valence-corrected chi connectivity index (χ4v) is 3.62. The highest BCUT2D eigenvalue weighted by Crippen LogP contribution is 2.35. The van der Waals surface area contributed by atoms with Gasteiger partial charge in [0, 0.05) is 18.3 Å². The first-order valence-corrected chi connectivity index (χ1v) is 7.41. The van der Waals surface area contributed by atoms with Crippen molar-refractivity contribution in [3.63, 3.8) is 0 Å². The Hall–Kier alpha value is -1.55. The van der Waals surface area contributed by atoms with Crippen LogP contribution in [0.15, 0.2) is 24.3 Å². The number of aliphatic carboxylic acids is 1. The molecule has 1 aromatic carbocycles. The van der Waals surface area contributed by atoms with Gasteiger partial charge < -0.3 is 15.3 Å². The number of anilines is 1. The SMILES string of the molecule is Cc1cccc(NC2(C(=O)O)CCN3CCCC3C2)c1. The van der Waals surface area contributed by atoms with Crippen LogP contribution in [0.4, 0.5) is 5.69 Å². The van der Waals surface area contributed by atoms with Gasteiger partial charge in [-0.25, -0.2) is 4.79 Å². The highest BCUT2D eigenvalue weighted by molar-refractivity contribution is 5.83. The highest BCUT2D eigenvalue weighted by Gasteiger charge is 2.46. The van der Waals surface area contributed by atoms with Crippen molar-refractivity contribution in [3.8, 4) is 0 Å². The summed E-state index contributed by atoms with van der Waals surface area (Å²) < 4.78 is 0. The van der Waals surface area contributed by atoms with Crippen molar-refractivity contribution in [2.45, 2.75) is 44.2 Å². The second kappa shape index (κ2) is 5.09. The lowest BCUT2D eigenvalue weighted by atomic mass is 9.83. The number of nitrogens with zero attached hydrogens (tertiary/aromatic N) is 1. The molecule has 2 aliphatic heterocycles. The summed E-state index contributed by atoms with van der Waals surface area (Å²) in [7, 11) is 0. The minimum atomic E-state index is -0.806. The second-order valence-corrected chi connectivity index (χ2v) is 6.17. The Labute approximate surface area is 119 Å². The first-order chi connectivity index (χ1) is 9.59. The van der Waals surface area contributed by atoms with Crippen LogP contribution in [0.1, 0.15) is 31.2 Å². The van der Waals surface area contributed by atoms with E-state index >= 15 is 0 Å². The lowest BCUT2D eigenvalue weighted by Crippen LogP contribution is -2.56. The molecule has 0 aromatic heterocycles. The standard InChI is InChI=1S/C16H22N2O2/c1-12-4-2-5-13(10-12)17-16(15(19)20)7-9-18-8-3-6-14(18)11-16/h2,4-5,10,14,17H,3,6-9,11H2,1H3,(H,19,20). The second-order valence-electron chi connectivity index (χ2n) is 6.17. The van der Waals surface area contributed by atoms with Crippen molar-refractivity contribution in [1.29, 1.82) is 0 Å². The van der Waals surface area contributed by atoms with E-state index in [1.807, 2.05) is 31.2 Å². The molecule has 2 saturated heterocycles. The lowest BCUT2D eigenvalue weighted by molar-refractivity contribution is -0.144. The lowest BCUT2D eigenvalue weighted by Gasteiger charge is -2.42. The maximum absolute atomic E-state index is 11.9. The molecule has 0 bridgehead atoms. The van der Waals surface area contributed by atoms with Crippen LogP contribution in [-0.4, -0.2) is 40.6 Å². The zero-order valence-corrected chi connectivity index (χ0v) is 11.9. The average Bonchev–Trinajstić information content (AvgIpc) is 2.85. The Morgan fingerprint density at radius 3 is 3.05 bits per heavy atom. The first kappa shape index (κ1) is 13.4. The minimum Gasteiger partial charge on any atom is -0.480 e. The van der Waals surface area contributed by atoms with Crippen molar-refractivity contribution < 1.29 is 9.90 Å². The summed E-state index contributed by atoms with van der Waals surface area (Å²) in [4.78, 5) is 14.3. The third kappa shape index (κ3) is 2.40. The van der Waals surface area contributed by atoms with E-state index in [2.05, 4.69) is 10.2 Å². The van der Waals surface area contributed by atoms with Gasteiger partial charge in [-0.1, -0.05) is 12.1 Å². The molecule has 2 unspecified atom stereocenters. The zero-order valence-electron chi connectivity index (χ0n) is 11.9. The van der Waals surface area contributed by atoms with E-state index in [-0.39, 0.29) is 0 Å². The molecular weight excluding hydrogens is 252 g/mol. The number of hydrogen-bond acceptors (Lipinski definition) is 3. The molecule has 2 aliphatic rings. The quantitative estimate of drug-likeness (QED) is 0.889. The maximum Gasteiger partial charge on any atom is 0.329 e. The van der Waals surface area contributed by atoms with Crippen LogP contribution in [-0.2, 0) is 4.79 Å². The first-order valence-electron chi connectivity index (χ1n) is 7.41. The van der Waals surface area contributed by atoms with Crippen LogP contribution < -0.4 is 5.32 Å². The highest BCUT2D eigenvalue weighted by atomic mass is 16.4. The molecule has 4 nitrogen and oxygen atoms in total. The summed E-state index contributed by atoms with van der Waals surface area (Å²) in [6.45, 7) is 4.04. The monoisotopic (exact) mass is 274 g/mol. The van der Waals surface area contributed by atoms with Gasteiger partial charge in [0.2, 0.25) is 0 Å². The topological polar surface area (TPSA) is 52.6 Å². The van der Waals surface area contributed by atoms with E-state index < -0.39 is 11.5 Å². The summed E-state index contributed by atoms with van der Waals surface area (Å²) >= 11 is 0. The summed E-state index contributed by atoms with van der Waals surface area (Å²) in [5, 5.41) is 13.1. The molecular formula is C16H22N2O2.